The summed E-state index contributed by atoms with van der Waals surface area (Å²) in [6.07, 6.45) is -6.29. The molecule has 32 heavy (non-hydrogen) atoms. The Morgan fingerprint density at radius 1 is 1.31 bits per heavy atom. The summed E-state index contributed by atoms with van der Waals surface area (Å²) in [6, 6.07) is 8.06. The molecule has 1 aliphatic rings. The predicted molar refractivity (Wildman–Crippen MR) is 110 cm³/mol. The highest BCUT2D eigenvalue weighted by molar-refractivity contribution is 7.16. The van der Waals surface area contributed by atoms with Gasteiger partial charge in [-0.15, -0.1) is 0 Å². The Balaban J connectivity index is 1.65. The number of hydrogen-bond acceptors (Lipinski definition) is 10. The number of ether oxygens (including phenoxy) is 3. The topological polar surface area (TPSA) is 156 Å². The van der Waals surface area contributed by atoms with Crippen molar-refractivity contribution >= 4 is 39.6 Å². The fourth-order valence-corrected chi connectivity index (χ4v) is 4.18. The van der Waals surface area contributed by atoms with Crippen molar-refractivity contribution < 1.29 is 28.2 Å². The van der Waals surface area contributed by atoms with E-state index in [1.165, 1.54) is 12.1 Å². The van der Waals surface area contributed by atoms with Crippen LogP contribution in [0.4, 0.5) is 10.3 Å². The molecule has 0 unspecified atom stereocenters. The van der Waals surface area contributed by atoms with E-state index in [1.807, 2.05) is 0 Å². The van der Waals surface area contributed by atoms with Gasteiger partial charge in [0.15, 0.2) is 24.2 Å². The molecule has 168 valence electrons. The number of anilines is 1. The Morgan fingerprint density at radius 3 is 2.72 bits per heavy atom. The maximum atomic E-state index is 15.2. The van der Waals surface area contributed by atoms with Gasteiger partial charge in [0.25, 0.3) is 5.56 Å². The van der Waals surface area contributed by atoms with Crippen LogP contribution in [0, 0.1) is 0 Å². The van der Waals surface area contributed by atoms with E-state index in [0.29, 0.717) is 11.3 Å². The minimum Gasteiger partial charge on any atom is -0.459 e. The van der Waals surface area contributed by atoms with Gasteiger partial charge in [-0.3, -0.25) is 23.9 Å². The summed E-state index contributed by atoms with van der Waals surface area (Å²) in [5, 5.41) is 0. The van der Waals surface area contributed by atoms with E-state index in [-0.39, 0.29) is 21.9 Å². The number of thiazole rings is 1. The molecule has 0 spiro atoms. The number of alkyl halides is 1. The third-order valence-corrected chi connectivity index (χ3v) is 5.64. The van der Waals surface area contributed by atoms with Gasteiger partial charge in [-0.2, -0.15) is 4.98 Å². The maximum Gasteiger partial charge on any atom is 0.338 e. The Kier molecular flexibility index (Phi) is 5.76. The molecule has 1 saturated heterocycles. The van der Waals surface area contributed by atoms with Gasteiger partial charge in [0.05, 0.1) is 5.56 Å². The summed E-state index contributed by atoms with van der Waals surface area (Å²) >= 11 is 0.557. The van der Waals surface area contributed by atoms with Gasteiger partial charge in [0.2, 0.25) is 5.95 Å². The Morgan fingerprint density at radius 2 is 2.03 bits per heavy atom. The largest absolute Gasteiger partial charge is 0.459 e. The molecule has 4 rings (SSSR count). The SMILES string of the molecule is CC(=O)O[C@@H]1[C@@H](F)[C@@H](COC(=O)c2ccccc2)O[C@H]1n1c(=O)sc2c(=O)[nH]c(N)nc21. The minimum atomic E-state index is -1.94. The number of benzene rings is 1. The van der Waals surface area contributed by atoms with Crippen LogP contribution in [0.1, 0.15) is 23.5 Å². The molecular weight excluding hydrogens is 447 g/mol. The molecule has 0 radical (unpaired) electrons. The monoisotopic (exact) mass is 464 g/mol. The summed E-state index contributed by atoms with van der Waals surface area (Å²) in [6.45, 7) is 0.568. The number of nitrogen functional groups attached to an aromatic ring is 1. The average molecular weight is 464 g/mol. The lowest BCUT2D eigenvalue weighted by Crippen LogP contribution is -2.36. The quantitative estimate of drug-likeness (QED) is 0.520. The molecule has 13 heteroatoms. The van der Waals surface area contributed by atoms with Crippen LogP contribution in [0.2, 0.25) is 0 Å². The first-order chi connectivity index (χ1) is 15.3. The van der Waals surface area contributed by atoms with Crippen molar-refractivity contribution in [1.82, 2.24) is 14.5 Å². The van der Waals surface area contributed by atoms with E-state index < -0.39 is 53.6 Å². The van der Waals surface area contributed by atoms with E-state index in [4.69, 9.17) is 19.9 Å². The van der Waals surface area contributed by atoms with E-state index in [1.54, 1.807) is 18.2 Å². The summed E-state index contributed by atoms with van der Waals surface area (Å²) in [7, 11) is 0. The molecule has 3 N–H and O–H groups in total. The fraction of sp³-hybridized carbons (Fsp3) is 0.316. The van der Waals surface area contributed by atoms with Gasteiger partial charge in [0.1, 0.15) is 17.4 Å². The molecule has 0 amide bonds. The van der Waals surface area contributed by atoms with E-state index in [0.717, 1.165) is 11.5 Å². The summed E-state index contributed by atoms with van der Waals surface area (Å²) in [5.41, 5.74) is 5.04. The summed E-state index contributed by atoms with van der Waals surface area (Å²) in [5.74, 6) is -1.78. The van der Waals surface area contributed by atoms with Crippen LogP contribution >= 0.6 is 11.3 Å². The number of halogens is 1. The van der Waals surface area contributed by atoms with Crippen LogP contribution < -0.4 is 16.2 Å². The lowest BCUT2D eigenvalue weighted by atomic mass is 10.1. The fourth-order valence-electron chi connectivity index (χ4n) is 3.34. The third-order valence-electron chi connectivity index (χ3n) is 4.70. The Labute approximate surface area is 182 Å². The van der Waals surface area contributed by atoms with Crippen molar-refractivity contribution in [3.05, 3.63) is 55.9 Å². The van der Waals surface area contributed by atoms with Gasteiger partial charge < -0.3 is 19.9 Å². The molecule has 3 heterocycles. The number of rotatable bonds is 5. The highest BCUT2D eigenvalue weighted by Crippen LogP contribution is 2.35. The van der Waals surface area contributed by atoms with Crippen molar-refractivity contribution in [3.8, 4) is 0 Å². The standard InChI is InChI=1S/C19H17FN4O7S/c1-8(25)30-12-11(20)10(7-29-17(27)9-5-3-2-4-6-9)31-16(12)24-14-13(32-19(24)28)15(26)23-18(21)22-14/h2-6,10-12,16H,7H2,1H3,(H3,21,22,23,26)/t10-,11+,12-,16-/m1/s1. The van der Waals surface area contributed by atoms with Crippen LogP contribution in [-0.4, -0.2) is 51.5 Å². The smallest absolute Gasteiger partial charge is 0.338 e. The number of aromatic nitrogens is 3. The van der Waals surface area contributed by atoms with Crippen molar-refractivity contribution in [2.45, 2.75) is 31.5 Å². The number of nitrogens with zero attached hydrogens (tertiary/aromatic N) is 2. The molecule has 4 atom stereocenters. The van der Waals surface area contributed by atoms with Gasteiger partial charge in [0, 0.05) is 6.92 Å². The number of nitrogens with two attached hydrogens (primary N) is 1. The molecular formula is C19H17FN4O7S. The minimum absolute atomic E-state index is 0.0521. The van der Waals surface area contributed by atoms with Gasteiger partial charge >= 0.3 is 16.8 Å². The third kappa shape index (κ3) is 3.99. The number of hydrogen-bond donors (Lipinski definition) is 2. The molecule has 1 fully saturated rings. The zero-order chi connectivity index (χ0) is 23.0. The number of carbonyl (C=O) groups is 2. The van der Waals surface area contributed by atoms with Crippen LogP contribution in [0.3, 0.4) is 0 Å². The molecule has 1 aliphatic heterocycles. The number of fused-ring (bicyclic) bond motifs is 1. The number of aromatic amines is 1. The molecule has 0 aliphatic carbocycles. The Hall–Kier alpha value is -3.58. The van der Waals surface area contributed by atoms with E-state index in [9.17, 15) is 19.2 Å². The normalized spacial score (nSPS) is 22.7. The first-order valence-corrected chi connectivity index (χ1v) is 10.2. The number of carbonyl (C=O) groups excluding carboxylic acids is 2. The molecule has 0 bridgehead atoms. The second-order valence-electron chi connectivity index (χ2n) is 6.89. The van der Waals surface area contributed by atoms with Gasteiger partial charge in [-0.1, -0.05) is 29.5 Å². The van der Waals surface area contributed by atoms with Crippen molar-refractivity contribution in [1.29, 1.82) is 0 Å². The summed E-state index contributed by atoms with van der Waals surface area (Å²) < 4.78 is 31.9. The lowest BCUT2D eigenvalue weighted by Gasteiger charge is -2.19. The molecule has 0 saturated carbocycles. The molecule has 3 aromatic rings. The number of H-pyrrole nitrogens is 1. The highest BCUT2D eigenvalue weighted by atomic mass is 32.1. The first kappa shape index (κ1) is 21.6. The van der Waals surface area contributed by atoms with Crippen molar-refractivity contribution in [3.63, 3.8) is 0 Å². The number of esters is 2. The van der Waals surface area contributed by atoms with Crippen LogP contribution in [0.5, 0.6) is 0 Å². The number of nitrogens with one attached hydrogen (secondary N) is 1. The predicted octanol–water partition coefficient (Wildman–Crippen LogP) is 0.753. The van der Waals surface area contributed by atoms with Crippen molar-refractivity contribution in [2.75, 3.05) is 12.3 Å². The zero-order valence-electron chi connectivity index (χ0n) is 16.5. The van der Waals surface area contributed by atoms with Gasteiger partial charge in [-0.25, -0.2) is 9.18 Å². The zero-order valence-corrected chi connectivity index (χ0v) is 17.3. The second-order valence-corrected chi connectivity index (χ2v) is 7.85. The summed E-state index contributed by atoms with van der Waals surface area (Å²) in [4.78, 5) is 54.0. The van der Waals surface area contributed by atoms with E-state index >= 15 is 4.39 Å². The van der Waals surface area contributed by atoms with Crippen LogP contribution in [0.15, 0.2) is 39.9 Å². The van der Waals surface area contributed by atoms with Gasteiger partial charge in [-0.05, 0) is 12.1 Å². The maximum absolute atomic E-state index is 15.2. The van der Waals surface area contributed by atoms with Crippen molar-refractivity contribution in [2.24, 2.45) is 0 Å². The van der Waals surface area contributed by atoms with E-state index in [2.05, 4.69) is 9.97 Å². The van der Waals surface area contributed by atoms with Crippen LogP contribution in [-0.2, 0) is 19.0 Å². The first-order valence-electron chi connectivity index (χ1n) is 9.36. The molecule has 2 aromatic heterocycles. The lowest BCUT2D eigenvalue weighted by molar-refractivity contribution is -0.154. The highest BCUT2D eigenvalue weighted by Gasteiger charge is 2.50. The molecule has 11 nitrogen and oxygen atoms in total. The average Bonchev–Trinajstić information content (AvgIpc) is 3.23. The molecule has 1 aromatic carbocycles. The second kappa shape index (κ2) is 8.51. The Bertz CT molecular complexity index is 1290. The van der Waals surface area contributed by atoms with Crippen LogP contribution in [0.25, 0.3) is 10.3 Å².